The highest BCUT2D eigenvalue weighted by Gasteiger charge is 2.27. The van der Waals surface area contributed by atoms with Gasteiger partial charge in [-0.2, -0.15) is 0 Å². The zero-order chi connectivity index (χ0) is 8.97. The fraction of sp³-hybridized carbons (Fsp3) is 0.778. The summed E-state index contributed by atoms with van der Waals surface area (Å²) in [6.07, 6.45) is 5.43. The number of hydrogen-bond donors (Lipinski definition) is 0. The van der Waals surface area contributed by atoms with Crippen molar-refractivity contribution < 1.29 is 9.59 Å². The number of ketones is 1. The summed E-state index contributed by atoms with van der Waals surface area (Å²) < 4.78 is 0. The van der Waals surface area contributed by atoms with Crippen molar-refractivity contribution in [2.45, 2.75) is 38.6 Å². The van der Waals surface area contributed by atoms with Gasteiger partial charge in [0, 0.05) is 5.92 Å². The van der Waals surface area contributed by atoms with E-state index in [-0.39, 0.29) is 17.7 Å². The standard InChI is InChI=1S/C9H13NO2/c1-7(12)8-4-2-3-5-9(8)10-6-11/h8-9H,2-5H2,1H3. The van der Waals surface area contributed by atoms with E-state index in [2.05, 4.69) is 4.99 Å². The molecule has 66 valence electrons. The molecule has 0 aromatic rings. The van der Waals surface area contributed by atoms with Crippen LogP contribution in [0.15, 0.2) is 4.99 Å². The average molecular weight is 167 g/mol. The lowest BCUT2D eigenvalue weighted by molar-refractivity contribution is -0.122. The molecular formula is C9H13NO2. The molecule has 0 heterocycles. The smallest absolute Gasteiger partial charge is 0.235 e. The molecular weight excluding hydrogens is 154 g/mol. The van der Waals surface area contributed by atoms with Crippen molar-refractivity contribution in [1.29, 1.82) is 0 Å². The second-order valence-electron chi connectivity index (χ2n) is 3.29. The number of hydrogen-bond acceptors (Lipinski definition) is 3. The molecule has 1 aliphatic rings. The molecule has 2 unspecified atom stereocenters. The SMILES string of the molecule is CC(=O)C1CCCCC1N=C=O. The Morgan fingerprint density at radius 3 is 2.67 bits per heavy atom. The van der Waals surface area contributed by atoms with Gasteiger partial charge in [-0.1, -0.05) is 12.8 Å². The third-order valence-electron chi connectivity index (χ3n) is 2.47. The van der Waals surface area contributed by atoms with Crippen LogP contribution in [0.3, 0.4) is 0 Å². The molecule has 0 amide bonds. The van der Waals surface area contributed by atoms with Gasteiger partial charge in [0.1, 0.15) is 5.78 Å². The largest absolute Gasteiger partial charge is 0.300 e. The molecule has 0 N–H and O–H groups in total. The van der Waals surface area contributed by atoms with E-state index in [0.717, 1.165) is 25.7 Å². The summed E-state index contributed by atoms with van der Waals surface area (Å²) in [6.45, 7) is 1.57. The lowest BCUT2D eigenvalue weighted by atomic mass is 9.82. The molecule has 0 saturated heterocycles. The van der Waals surface area contributed by atoms with E-state index in [0.29, 0.717) is 0 Å². The summed E-state index contributed by atoms with van der Waals surface area (Å²) in [6, 6.07) is -0.0891. The van der Waals surface area contributed by atoms with Crippen molar-refractivity contribution in [3.63, 3.8) is 0 Å². The normalized spacial score (nSPS) is 29.1. The molecule has 2 atom stereocenters. The van der Waals surface area contributed by atoms with Crippen LogP contribution in [0.5, 0.6) is 0 Å². The van der Waals surface area contributed by atoms with E-state index in [1.807, 2.05) is 0 Å². The maximum Gasteiger partial charge on any atom is 0.235 e. The second kappa shape index (κ2) is 4.17. The van der Waals surface area contributed by atoms with Gasteiger partial charge in [0.2, 0.25) is 6.08 Å². The first kappa shape index (κ1) is 9.14. The molecule has 0 bridgehead atoms. The predicted molar refractivity (Wildman–Crippen MR) is 44.5 cm³/mol. The van der Waals surface area contributed by atoms with E-state index < -0.39 is 0 Å². The molecule has 1 fully saturated rings. The van der Waals surface area contributed by atoms with E-state index in [9.17, 15) is 9.59 Å². The Morgan fingerprint density at radius 1 is 1.42 bits per heavy atom. The minimum atomic E-state index is -0.0891. The Labute approximate surface area is 71.9 Å². The van der Waals surface area contributed by atoms with Crippen LogP contribution in [-0.2, 0) is 9.59 Å². The Bertz CT molecular complexity index is 209. The minimum absolute atomic E-state index is 0.0276. The highest BCUT2D eigenvalue weighted by Crippen LogP contribution is 2.27. The Balaban J connectivity index is 2.66. The Morgan fingerprint density at radius 2 is 2.08 bits per heavy atom. The van der Waals surface area contributed by atoms with Crippen LogP contribution in [0.2, 0.25) is 0 Å². The Kier molecular flexibility index (Phi) is 3.18. The summed E-state index contributed by atoms with van der Waals surface area (Å²) in [5, 5.41) is 0. The first-order chi connectivity index (χ1) is 5.75. The number of nitrogens with zero attached hydrogens (tertiary/aromatic N) is 1. The molecule has 0 aliphatic heterocycles. The van der Waals surface area contributed by atoms with Crippen molar-refractivity contribution in [3.05, 3.63) is 0 Å². The average Bonchev–Trinajstić information content (AvgIpc) is 2.05. The van der Waals surface area contributed by atoms with Crippen LogP contribution in [0, 0.1) is 5.92 Å². The lowest BCUT2D eigenvalue weighted by Gasteiger charge is -2.24. The maximum atomic E-state index is 11.1. The molecule has 0 aromatic heterocycles. The molecule has 3 nitrogen and oxygen atoms in total. The topological polar surface area (TPSA) is 46.5 Å². The second-order valence-corrected chi connectivity index (χ2v) is 3.29. The van der Waals surface area contributed by atoms with Crippen molar-refractivity contribution in [3.8, 4) is 0 Å². The highest BCUT2D eigenvalue weighted by molar-refractivity contribution is 5.79. The third kappa shape index (κ3) is 2.02. The fourth-order valence-corrected chi connectivity index (χ4v) is 1.81. The van der Waals surface area contributed by atoms with Gasteiger partial charge in [-0.05, 0) is 19.8 Å². The van der Waals surface area contributed by atoms with Crippen LogP contribution >= 0.6 is 0 Å². The van der Waals surface area contributed by atoms with Gasteiger partial charge in [-0.3, -0.25) is 4.79 Å². The molecule has 0 spiro atoms. The van der Waals surface area contributed by atoms with Gasteiger partial charge >= 0.3 is 0 Å². The number of aliphatic imine (C=N–C) groups is 1. The van der Waals surface area contributed by atoms with Crippen LogP contribution in [0.1, 0.15) is 32.6 Å². The van der Waals surface area contributed by atoms with Gasteiger partial charge in [0.25, 0.3) is 0 Å². The fourth-order valence-electron chi connectivity index (χ4n) is 1.81. The quantitative estimate of drug-likeness (QED) is 0.462. The summed E-state index contributed by atoms with van der Waals surface area (Å²) >= 11 is 0. The molecule has 0 aromatic carbocycles. The molecule has 1 saturated carbocycles. The zero-order valence-corrected chi connectivity index (χ0v) is 7.25. The van der Waals surface area contributed by atoms with Gasteiger partial charge < -0.3 is 0 Å². The Hall–Kier alpha value is -0.950. The van der Waals surface area contributed by atoms with E-state index in [4.69, 9.17) is 0 Å². The van der Waals surface area contributed by atoms with Crippen molar-refractivity contribution in [2.75, 3.05) is 0 Å². The van der Waals surface area contributed by atoms with E-state index >= 15 is 0 Å². The number of carbonyl (C=O) groups excluding carboxylic acids is 2. The molecule has 0 radical (unpaired) electrons. The molecule has 1 rings (SSSR count). The van der Waals surface area contributed by atoms with Gasteiger partial charge in [0.15, 0.2) is 0 Å². The first-order valence-electron chi connectivity index (χ1n) is 4.33. The number of carbonyl (C=O) groups is 1. The lowest BCUT2D eigenvalue weighted by Crippen LogP contribution is -2.28. The van der Waals surface area contributed by atoms with Crippen LogP contribution in [-0.4, -0.2) is 17.9 Å². The number of isocyanates is 1. The van der Waals surface area contributed by atoms with Crippen molar-refractivity contribution >= 4 is 11.9 Å². The summed E-state index contributed by atoms with van der Waals surface area (Å²) in [5.41, 5.74) is 0. The van der Waals surface area contributed by atoms with Crippen molar-refractivity contribution in [1.82, 2.24) is 0 Å². The van der Waals surface area contributed by atoms with Gasteiger partial charge in [-0.15, -0.1) is 0 Å². The summed E-state index contributed by atoms with van der Waals surface area (Å²) in [7, 11) is 0. The number of rotatable bonds is 2. The predicted octanol–water partition coefficient (Wildman–Crippen LogP) is 1.47. The van der Waals surface area contributed by atoms with Crippen LogP contribution in [0.4, 0.5) is 0 Å². The monoisotopic (exact) mass is 167 g/mol. The van der Waals surface area contributed by atoms with Crippen LogP contribution < -0.4 is 0 Å². The van der Waals surface area contributed by atoms with E-state index in [1.165, 1.54) is 0 Å². The van der Waals surface area contributed by atoms with Gasteiger partial charge in [0.05, 0.1) is 6.04 Å². The van der Waals surface area contributed by atoms with E-state index in [1.54, 1.807) is 13.0 Å². The molecule has 3 heteroatoms. The van der Waals surface area contributed by atoms with Crippen LogP contribution in [0.25, 0.3) is 0 Å². The zero-order valence-electron chi connectivity index (χ0n) is 7.25. The maximum absolute atomic E-state index is 11.1. The summed E-state index contributed by atoms with van der Waals surface area (Å²) in [5.74, 6) is 0.124. The molecule has 1 aliphatic carbocycles. The van der Waals surface area contributed by atoms with Crippen molar-refractivity contribution in [2.24, 2.45) is 10.9 Å². The molecule has 12 heavy (non-hydrogen) atoms. The number of Topliss-reactive ketones (excluding diaryl/α,β-unsaturated/α-hetero) is 1. The minimum Gasteiger partial charge on any atom is -0.300 e. The summed E-state index contributed by atoms with van der Waals surface area (Å²) in [4.78, 5) is 24.8. The first-order valence-corrected chi connectivity index (χ1v) is 4.33. The third-order valence-corrected chi connectivity index (χ3v) is 2.47. The van der Waals surface area contributed by atoms with Gasteiger partial charge in [-0.25, -0.2) is 9.79 Å². The highest BCUT2D eigenvalue weighted by atomic mass is 16.1.